The van der Waals surface area contributed by atoms with Gasteiger partial charge >= 0.3 is 0 Å². The van der Waals surface area contributed by atoms with Gasteiger partial charge in [0.05, 0.1) is 11.8 Å². The molecule has 138 valence electrons. The van der Waals surface area contributed by atoms with Gasteiger partial charge in [0.1, 0.15) is 5.54 Å². The number of anilines is 1. The normalized spacial score (nSPS) is 33.7. The zero-order valence-electron chi connectivity index (χ0n) is 15.8. The van der Waals surface area contributed by atoms with Gasteiger partial charge in [-0.25, -0.2) is 0 Å². The van der Waals surface area contributed by atoms with Crippen molar-refractivity contribution in [3.63, 3.8) is 0 Å². The van der Waals surface area contributed by atoms with Crippen molar-refractivity contribution in [2.75, 3.05) is 5.32 Å². The fourth-order valence-corrected chi connectivity index (χ4v) is 5.06. The van der Waals surface area contributed by atoms with Gasteiger partial charge in [-0.2, -0.15) is 0 Å². The maximum Gasteiger partial charge on any atom is 0.250 e. The Morgan fingerprint density at radius 3 is 2.54 bits per heavy atom. The van der Waals surface area contributed by atoms with Crippen molar-refractivity contribution < 1.29 is 14.4 Å². The molecule has 0 saturated carbocycles. The van der Waals surface area contributed by atoms with E-state index in [1.54, 1.807) is 0 Å². The third kappa shape index (κ3) is 1.88. The maximum atomic E-state index is 13.3. The van der Waals surface area contributed by atoms with Gasteiger partial charge in [0.15, 0.2) is 0 Å². The number of hydrogen-bond donors (Lipinski definition) is 2. The summed E-state index contributed by atoms with van der Waals surface area (Å²) in [5.74, 6) is -1.81. The van der Waals surface area contributed by atoms with Crippen LogP contribution in [-0.4, -0.2) is 34.7 Å². The van der Waals surface area contributed by atoms with E-state index < -0.39 is 17.4 Å². The third-order valence-corrected chi connectivity index (χ3v) is 6.38. The van der Waals surface area contributed by atoms with E-state index in [4.69, 9.17) is 0 Å². The predicted octanol–water partition coefficient (Wildman–Crippen LogP) is 1.84. The van der Waals surface area contributed by atoms with Crippen molar-refractivity contribution in [2.24, 2.45) is 11.8 Å². The van der Waals surface area contributed by atoms with Crippen LogP contribution in [0.15, 0.2) is 12.1 Å². The quantitative estimate of drug-likeness (QED) is 0.794. The molecule has 2 saturated heterocycles. The zero-order valence-corrected chi connectivity index (χ0v) is 15.8. The van der Waals surface area contributed by atoms with E-state index in [0.717, 1.165) is 22.4 Å². The number of nitrogens with one attached hydrogen (secondary N) is 2. The lowest BCUT2D eigenvalue weighted by atomic mass is 9.76. The molecule has 3 amide bonds. The molecule has 0 unspecified atom stereocenters. The van der Waals surface area contributed by atoms with Crippen LogP contribution in [0.1, 0.15) is 43.9 Å². The van der Waals surface area contributed by atoms with Gasteiger partial charge in [0.2, 0.25) is 17.7 Å². The number of carbonyl (C=O) groups is 3. The number of carbonyl (C=O) groups excluding carboxylic acids is 3. The number of aryl methyl sites for hydroxylation is 2. The monoisotopic (exact) mass is 355 g/mol. The Kier molecular flexibility index (Phi) is 3.57. The molecule has 5 atom stereocenters. The molecular weight excluding hydrogens is 330 g/mol. The number of likely N-dealkylation sites (tertiary alicyclic amines) is 1. The SMILES string of the molecule is CC[C@@H](C)N1C(=O)[C@H]2[C@@H](C1=O)[C@@]1(N[C@@H]2C)C(=O)Nc2c(C)cc(C)cc21. The van der Waals surface area contributed by atoms with Crippen LogP contribution in [0.2, 0.25) is 0 Å². The molecule has 2 fully saturated rings. The van der Waals surface area contributed by atoms with Crippen LogP contribution in [0, 0.1) is 25.7 Å². The second kappa shape index (κ2) is 5.39. The summed E-state index contributed by atoms with van der Waals surface area (Å²) in [5, 5.41) is 6.32. The number of nitrogens with zero attached hydrogens (tertiary/aromatic N) is 1. The van der Waals surface area contributed by atoms with Gasteiger partial charge in [-0.1, -0.05) is 24.6 Å². The highest BCUT2D eigenvalue weighted by Crippen LogP contribution is 2.53. The van der Waals surface area contributed by atoms with Gasteiger partial charge in [-0.3, -0.25) is 24.6 Å². The summed E-state index contributed by atoms with van der Waals surface area (Å²) in [6, 6.07) is 3.57. The van der Waals surface area contributed by atoms with Crippen molar-refractivity contribution in [2.45, 2.75) is 58.7 Å². The molecule has 2 N–H and O–H groups in total. The Balaban J connectivity index is 1.91. The molecule has 26 heavy (non-hydrogen) atoms. The molecule has 0 radical (unpaired) electrons. The first-order valence-electron chi connectivity index (χ1n) is 9.31. The molecule has 3 aliphatic rings. The average Bonchev–Trinajstić information content (AvgIpc) is 3.13. The molecule has 6 heteroatoms. The molecule has 0 aliphatic carbocycles. The second-order valence-corrected chi connectivity index (χ2v) is 8.01. The Labute approximate surface area is 153 Å². The van der Waals surface area contributed by atoms with Gasteiger partial charge in [-0.15, -0.1) is 0 Å². The molecule has 1 spiro atoms. The van der Waals surface area contributed by atoms with Gasteiger partial charge < -0.3 is 5.32 Å². The molecule has 0 aromatic heterocycles. The summed E-state index contributed by atoms with van der Waals surface area (Å²) >= 11 is 0. The van der Waals surface area contributed by atoms with Gasteiger partial charge in [0, 0.05) is 23.3 Å². The first kappa shape index (κ1) is 17.2. The number of benzene rings is 1. The van der Waals surface area contributed by atoms with Crippen LogP contribution in [-0.2, 0) is 19.9 Å². The van der Waals surface area contributed by atoms with Crippen molar-refractivity contribution in [1.29, 1.82) is 0 Å². The lowest BCUT2D eigenvalue weighted by Crippen LogP contribution is -2.53. The van der Waals surface area contributed by atoms with E-state index in [0.29, 0.717) is 6.42 Å². The Morgan fingerprint density at radius 2 is 1.88 bits per heavy atom. The molecule has 0 bridgehead atoms. The number of rotatable bonds is 2. The van der Waals surface area contributed by atoms with Crippen LogP contribution >= 0.6 is 0 Å². The van der Waals surface area contributed by atoms with Crippen LogP contribution in [0.5, 0.6) is 0 Å². The zero-order chi connectivity index (χ0) is 19.0. The second-order valence-electron chi connectivity index (χ2n) is 8.01. The number of fused-ring (bicyclic) bond motifs is 4. The topological polar surface area (TPSA) is 78.5 Å². The fourth-order valence-electron chi connectivity index (χ4n) is 5.06. The van der Waals surface area contributed by atoms with Crippen LogP contribution in [0.25, 0.3) is 0 Å². The first-order chi connectivity index (χ1) is 12.2. The highest BCUT2D eigenvalue weighted by molar-refractivity contribution is 6.15. The van der Waals surface area contributed by atoms with Crippen LogP contribution in [0.3, 0.4) is 0 Å². The molecule has 1 aromatic rings. The average molecular weight is 355 g/mol. The summed E-state index contributed by atoms with van der Waals surface area (Å²) in [7, 11) is 0. The van der Waals surface area contributed by atoms with E-state index >= 15 is 0 Å². The minimum absolute atomic E-state index is 0.156. The highest BCUT2D eigenvalue weighted by Gasteiger charge is 2.70. The molecule has 6 nitrogen and oxygen atoms in total. The lowest BCUT2D eigenvalue weighted by Gasteiger charge is -2.30. The standard InChI is InChI=1S/C20H25N3O3/c1-6-11(4)23-17(24)14-12(5)22-20(15(14)18(23)25)13-8-9(2)7-10(3)16(13)21-19(20)26/h7-8,11-12,14-15,22H,6H2,1-5H3,(H,21,26)/t11-,12-,14-,15+,20-/m1/s1. The largest absolute Gasteiger partial charge is 0.324 e. The predicted molar refractivity (Wildman–Crippen MR) is 97.4 cm³/mol. The van der Waals surface area contributed by atoms with E-state index in [1.807, 2.05) is 46.8 Å². The fraction of sp³-hybridized carbons (Fsp3) is 0.550. The molecule has 3 aliphatic heterocycles. The summed E-state index contributed by atoms with van der Waals surface area (Å²) in [4.78, 5) is 40.9. The Hall–Kier alpha value is -2.21. The van der Waals surface area contributed by atoms with E-state index in [1.165, 1.54) is 4.90 Å². The Bertz CT molecular complexity index is 849. The van der Waals surface area contributed by atoms with E-state index in [2.05, 4.69) is 10.6 Å². The maximum absolute atomic E-state index is 13.3. The smallest absolute Gasteiger partial charge is 0.250 e. The highest BCUT2D eigenvalue weighted by atomic mass is 16.2. The molecule has 3 heterocycles. The Morgan fingerprint density at radius 1 is 1.19 bits per heavy atom. The number of amides is 3. The number of hydrogen-bond acceptors (Lipinski definition) is 4. The van der Waals surface area contributed by atoms with Gasteiger partial charge in [-0.05, 0) is 39.7 Å². The van der Waals surface area contributed by atoms with Crippen molar-refractivity contribution in [1.82, 2.24) is 10.2 Å². The van der Waals surface area contributed by atoms with Crippen molar-refractivity contribution in [3.05, 3.63) is 28.8 Å². The van der Waals surface area contributed by atoms with Crippen LogP contribution < -0.4 is 10.6 Å². The van der Waals surface area contributed by atoms with Crippen molar-refractivity contribution >= 4 is 23.4 Å². The van der Waals surface area contributed by atoms with Gasteiger partial charge in [0.25, 0.3) is 0 Å². The van der Waals surface area contributed by atoms with Crippen molar-refractivity contribution in [3.8, 4) is 0 Å². The number of imide groups is 1. The van der Waals surface area contributed by atoms with E-state index in [-0.39, 0.29) is 29.8 Å². The lowest BCUT2D eigenvalue weighted by molar-refractivity contribution is -0.145. The third-order valence-electron chi connectivity index (χ3n) is 6.38. The van der Waals surface area contributed by atoms with E-state index in [9.17, 15) is 14.4 Å². The summed E-state index contributed by atoms with van der Waals surface area (Å²) < 4.78 is 0. The molecular formula is C20H25N3O3. The van der Waals surface area contributed by atoms with Crippen LogP contribution in [0.4, 0.5) is 5.69 Å². The minimum atomic E-state index is -1.16. The molecule has 1 aromatic carbocycles. The summed E-state index contributed by atoms with van der Waals surface area (Å²) in [5.41, 5.74) is 2.41. The first-order valence-corrected chi connectivity index (χ1v) is 9.31. The summed E-state index contributed by atoms with van der Waals surface area (Å²) in [6.07, 6.45) is 0.701. The minimum Gasteiger partial charge on any atom is -0.324 e. The molecule has 4 rings (SSSR count). The summed E-state index contributed by atoms with van der Waals surface area (Å²) in [6.45, 7) is 9.67.